The molecule has 136 valence electrons. The van der Waals surface area contributed by atoms with Crippen molar-refractivity contribution >= 4 is 17.0 Å². The summed E-state index contributed by atoms with van der Waals surface area (Å²) in [6.45, 7) is 7.85. The molecule has 0 aliphatic heterocycles. The molecule has 6 heteroatoms. The van der Waals surface area contributed by atoms with Crippen molar-refractivity contribution in [2.24, 2.45) is 7.05 Å². The fourth-order valence-corrected chi connectivity index (χ4v) is 2.78. The number of hydrogen-bond donors (Lipinski definition) is 1. The number of nitrogens with one attached hydrogen (secondary N) is 1. The number of nitrogens with zero attached hydrogens (tertiary/aromatic N) is 3. The van der Waals surface area contributed by atoms with Gasteiger partial charge in [0.2, 0.25) is 0 Å². The quantitative estimate of drug-likeness (QED) is 0.774. The molecule has 1 aromatic carbocycles. The zero-order chi connectivity index (χ0) is 18.9. The van der Waals surface area contributed by atoms with Crippen LogP contribution in [0.5, 0.6) is 0 Å². The van der Waals surface area contributed by atoms with Crippen molar-refractivity contribution in [3.63, 3.8) is 0 Å². The number of fused-ring (bicyclic) bond motifs is 1. The van der Waals surface area contributed by atoms with Crippen molar-refractivity contribution < 1.29 is 9.53 Å². The first kappa shape index (κ1) is 17.9. The van der Waals surface area contributed by atoms with E-state index in [4.69, 9.17) is 4.74 Å². The summed E-state index contributed by atoms with van der Waals surface area (Å²) in [7, 11) is 1.92. The number of pyridine rings is 1. The van der Waals surface area contributed by atoms with Gasteiger partial charge in [-0.05, 0) is 45.4 Å². The van der Waals surface area contributed by atoms with E-state index in [9.17, 15) is 4.79 Å². The Morgan fingerprint density at radius 1 is 1.23 bits per heavy atom. The number of aryl methyl sites for hydroxylation is 1. The lowest BCUT2D eigenvalue weighted by atomic mass is 10.0. The Kier molecular flexibility index (Phi) is 4.68. The third-order valence-electron chi connectivity index (χ3n) is 4.11. The Balaban J connectivity index is 1.95. The molecule has 0 aliphatic rings. The molecule has 0 saturated carbocycles. The third-order valence-corrected chi connectivity index (χ3v) is 4.11. The van der Waals surface area contributed by atoms with Gasteiger partial charge in [-0.15, -0.1) is 0 Å². The van der Waals surface area contributed by atoms with Crippen LogP contribution in [0.4, 0.5) is 4.79 Å². The molecule has 0 radical (unpaired) electrons. The van der Waals surface area contributed by atoms with Gasteiger partial charge < -0.3 is 10.1 Å². The predicted molar refractivity (Wildman–Crippen MR) is 102 cm³/mol. The maximum Gasteiger partial charge on any atom is 0.407 e. The lowest BCUT2D eigenvalue weighted by Crippen LogP contribution is -2.32. The molecule has 0 unspecified atom stereocenters. The number of hydrogen-bond acceptors (Lipinski definition) is 4. The van der Waals surface area contributed by atoms with E-state index in [1.807, 2.05) is 69.9 Å². The average molecular weight is 352 g/mol. The maximum atomic E-state index is 11.9. The van der Waals surface area contributed by atoms with Crippen LogP contribution in [0.1, 0.15) is 32.2 Å². The summed E-state index contributed by atoms with van der Waals surface area (Å²) < 4.78 is 7.14. The predicted octanol–water partition coefficient (Wildman–Crippen LogP) is 3.97. The number of para-hydroxylation sites is 1. The normalized spacial score (nSPS) is 11.6. The molecule has 1 N–H and O–H groups in total. The van der Waals surface area contributed by atoms with Crippen LogP contribution in [0.2, 0.25) is 0 Å². The van der Waals surface area contributed by atoms with Crippen LogP contribution in [0, 0.1) is 6.92 Å². The van der Waals surface area contributed by atoms with E-state index in [0.717, 1.165) is 33.4 Å². The molecule has 2 heterocycles. The van der Waals surface area contributed by atoms with Crippen molar-refractivity contribution in [1.29, 1.82) is 0 Å². The Hall–Kier alpha value is -2.89. The first-order valence-electron chi connectivity index (χ1n) is 8.59. The minimum Gasteiger partial charge on any atom is -0.444 e. The van der Waals surface area contributed by atoms with Crippen LogP contribution in [0.25, 0.3) is 22.0 Å². The van der Waals surface area contributed by atoms with E-state index >= 15 is 0 Å². The number of ether oxygens (including phenoxy) is 1. The molecule has 26 heavy (non-hydrogen) atoms. The molecule has 0 bridgehead atoms. The lowest BCUT2D eigenvalue weighted by molar-refractivity contribution is 0.0523. The third kappa shape index (κ3) is 3.85. The molecule has 0 fully saturated rings. The SMILES string of the molecule is Cc1c(-c2cc(CNC(=O)OC(C)(C)C)nc3ccccc23)cnn1C. The molecule has 1 amide bonds. The van der Waals surface area contributed by atoms with Gasteiger partial charge in [-0.2, -0.15) is 5.10 Å². The number of alkyl carbamates (subject to hydrolysis) is 1. The average Bonchev–Trinajstić information content (AvgIpc) is 2.90. The van der Waals surface area contributed by atoms with Crippen molar-refractivity contribution in [3.05, 3.63) is 47.9 Å². The first-order valence-corrected chi connectivity index (χ1v) is 8.59. The Bertz CT molecular complexity index is 954. The summed E-state index contributed by atoms with van der Waals surface area (Å²) in [5.74, 6) is 0. The van der Waals surface area contributed by atoms with E-state index in [0.29, 0.717) is 6.54 Å². The number of amides is 1. The number of rotatable bonds is 3. The van der Waals surface area contributed by atoms with Gasteiger partial charge >= 0.3 is 6.09 Å². The van der Waals surface area contributed by atoms with E-state index < -0.39 is 11.7 Å². The van der Waals surface area contributed by atoms with E-state index in [1.54, 1.807) is 0 Å². The zero-order valence-electron chi connectivity index (χ0n) is 15.8. The summed E-state index contributed by atoms with van der Waals surface area (Å²) in [5, 5.41) is 8.18. The fraction of sp³-hybridized carbons (Fsp3) is 0.350. The van der Waals surface area contributed by atoms with Crippen molar-refractivity contribution in [2.75, 3.05) is 0 Å². The van der Waals surface area contributed by atoms with Crippen LogP contribution in [0.15, 0.2) is 36.5 Å². The highest BCUT2D eigenvalue weighted by Gasteiger charge is 2.17. The fourth-order valence-electron chi connectivity index (χ4n) is 2.78. The number of aromatic nitrogens is 3. The van der Waals surface area contributed by atoms with Gasteiger partial charge in [-0.1, -0.05) is 18.2 Å². The van der Waals surface area contributed by atoms with E-state index in [1.165, 1.54) is 0 Å². The summed E-state index contributed by atoms with van der Waals surface area (Å²) in [6, 6.07) is 9.98. The zero-order valence-corrected chi connectivity index (χ0v) is 15.8. The highest BCUT2D eigenvalue weighted by molar-refractivity contribution is 5.95. The van der Waals surface area contributed by atoms with Gasteiger partial charge in [-0.25, -0.2) is 4.79 Å². The second kappa shape index (κ2) is 6.78. The Labute approximate surface area is 153 Å². The molecule has 0 saturated heterocycles. The second-order valence-electron chi connectivity index (χ2n) is 7.30. The molecule has 0 atom stereocenters. The monoisotopic (exact) mass is 352 g/mol. The first-order chi connectivity index (χ1) is 12.2. The van der Waals surface area contributed by atoms with E-state index in [-0.39, 0.29) is 0 Å². The largest absolute Gasteiger partial charge is 0.444 e. The van der Waals surface area contributed by atoms with Crippen LogP contribution >= 0.6 is 0 Å². The molecule has 0 aliphatic carbocycles. The Morgan fingerprint density at radius 3 is 2.62 bits per heavy atom. The van der Waals surface area contributed by atoms with Crippen LogP contribution < -0.4 is 5.32 Å². The number of benzene rings is 1. The van der Waals surface area contributed by atoms with E-state index in [2.05, 4.69) is 21.5 Å². The van der Waals surface area contributed by atoms with Crippen molar-refractivity contribution in [1.82, 2.24) is 20.1 Å². The number of carbonyl (C=O) groups is 1. The number of carbonyl (C=O) groups excluding carboxylic acids is 1. The van der Waals surface area contributed by atoms with Crippen LogP contribution in [-0.4, -0.2) is 26.5 Å². The standard InChI is InChI=1S/C20H24N4O2/c1-13-17(12-22-24(13)5)16-10-14(11-21-19(25)26-20(2,3)4)23-18-9-7-6-8-15(16)18/h6-10,12H,11H2,1-5H3,(H,21,25). The van der Waals surface area contributed by atoms with Gasteiger partial charge in [0.25, 0.3) is 0 Å². The summed E-state index contributed by atoms with van der Waals surface area (Å²) in [5.41, 5.74) is 4.32. The van der Waals surface area contributed by atoms with Crippen LogP contribution in [-0.2, 0) is 18.3 Å². The second-order valence-corrected chi connectivity index (χ2v) is 7.30. The molecule has 3 aromatic rings. The molecule has 0 spiro atoms. The van der Waals surface area contributed by atoms with Gasteiger partial charge in [0.05, 0.1) is 24.0 Å². The minimum absolute atomic E-state index is 0.298. The summed E-state index contributed by atoms with van der Waals surface area (Å²) in [4.78, 5) is 16.6. The van der Waals surface area contributed by atoms with Crippen molar-refractivity contribution in [3.8, 4) is 11.1 Å². The molecule has 6 nitrogen and oxygen atoms in total. The highest BCUT2D eigenvalue weighted by Crippen LogP contribution is 2.30. The lowest BCUT2D eigenvalue weighted by Gasteiger charge is -2.19. The molecular weight excluding hydrogens is 328 g/mol. The van der Waals surface area contributed by atoms with Gasteiger partial charge in [0.15, 0.2) is 0 Å². The van der Waals surface area contributed by atoms with Gasteiger partial charge in [-0.3, -0.25) is 9.67 Å². The Morgan fingerprint density at radius 2 is 1.96 bits per heavy atom. The molecule has 2 aromatic heterocycles. The van der Waals surface area contributed by atoms with Crippen LogP contribution in [0.3, 0.4) is 0 Å². The molecular formula is C20H24N4O2. The van der Waals surface area contributed by atoms with Gasteiger partial charge in [0.1, 0.15) is 5.60 Å². The smallest absolute Gasteiger partial charge is 0.407 e. The van der Waals surface area contributed by atoms with Crippen molar-refractivity contribution in [2.45, 2.75) is 39.8 Å². The highest BCUT2D eigenvalue weighted by atomic mass is 16.6. The summed E-state index contributed by atoms with van der Waals surface area (Å²) in [6.07, 6.45) is 1.41. The summed E-state index contributed by atoms with van der Waals surface area (Å²) >= 11 is 0. The van der Waals surface area contributed by atoms with Gasteiger partial charge in [0, 0.05) is 23.7 Å². The maximum absolute atomic E-state index is 11.9. The molecule has 3 rings (SSSR count). The topological polar surface area (TPSA) is 69.0 Å². The minimum atomic E-state index is -0.529.